The number of hydrogen-bond donors (Lipinski definition) is 3. The fraction of sp³-hybridized carbons (Fsp3) is 0.316. The Morgan fingerprint density at radius 3 is 2.35 bits per heavy atom. The Kier molecular flexibility index (Phi) is 7.87. The molecule has 0 aliphatic carbocycles. The Hall–Kier alpha value is -2.83. The molecule has 0 radical (unpaired) electrons. The number of amides is 2. The van der Waals surface area contributed by atoms with Crippen molar-refractivity contribution >= 4 is 44.1 Å². The summed E-state index contributed by atoms with van der Waals surface area (Å²) in [6, 6.07) is 4.79. The molecule has 168 valence electrons. The summed E-state index contributed by atoms with van der Waals surface area (Å²) in [4.78, 5) is 35.7. The quantitative estimate of drug-likeness (QED) is 0.476. The minimum atomic E-state index is -4.37. The van der Waals surface area contributed by atoms with Crippen LogP contribution in [0, 0.1) is 11.7 Å². The van der Waals surface area contributed by atoms with Crippen molar-refractivity contribution < 1.29 is 31.9 Å². The molecule has 1 heterocycles. The number of carbonyl (C=O) groups is 3. The minimum absolute atomic E-state index is 0.106. The third-order valence-corrected chi connectivity index (χ3v) is 6.46. The number of halogens is 1. The Bertz CT molecular complexity index is 1080. The van der Waals surface area contributed by atoms with E-state index in [0.717, 1.165) is 23.5 Å². The molecule has 0 aliphatic rings. The lowest BCUT2D eigenvalue weighted by atomic mass is 10.1. The van der Waals surface area contributed by atoms with E-state index in [-0.39, 0.29) is 10.6 Å². The van der Waals surface area contributed by atoms with Crippen LogP contribution in [0.5, 0.6) is 0 Å². The van der Waals surface area contributed by atoms with E-state index in [1.165, 1.54) is 25.1 Å². The number of primary amides is 1. The smallest absolute Gasteiger partial charge is 0.325 e. The van der Waals surface area contributed by atoms with Gasteiger partial charge in [0.2, 0.25) is 10.0 Å². The molecule has 2 aromatic rings. The van der Waals surface area contributed by atoms with Gasteiger partial charge in [-0.1, -0.05) is 26.0 Å². The number of benzene rings is 1. The number of sulfonamides is 1. The van der Waals surface area contributed by atoms with E-state index >= 15 is 0 Å². The van der Waals surface area contributed by atoms with Gasteiger partial charge in [0.05, 0.1) is 5.56 Å². The first-order valence-electron chi connectivity index (χ1n) is 9.09. The number of nitrogens with two attached hydrogens (primary N) is 1. The summed E-state index contributed by atoms with van der Waals surface area (Å²) in [7, 11) is -4.37. The van der Waals surface area contributed by atoms with Gasteiger partial charge < -0.3 is 15.8 Å². The maximum Gasteiger partial charge on any atom is 0.325 e. The monoisotopic (exact) mass is 471 g/mol. The molecule has 0 fully saturated rings. The molecule has 12 heteroatoms. The van der Waals surface area contributed by atoms with E-state index in [4.69, 9.17) is 10.5 Å². The molecule has 4 N–H and O–H groups in total. The minimum Gasteiger partial charge on any atom is -0.451 e. The number of anilines is 1. The SMILES string of the molecule is CC(OC(=O)[C@@H](NS(=O)(=O)c1ccccc1F)C(C)C)C(=O)Nc1sccc1C(N)=O. The van der Waals surface area contributed by atoms with Gasteiger partial charge in [0.15, 0.2) is 6.10 Å². The Labute approximate surface area is 182 Å². The van der Waals surface area contributed by atoms with E-state index in [1.807, 2.05) is 0 Å². The van der Waals surface area contributed by atoms with Crippen molar-refractivity contribution in [1.29, 1.82) is 0 Å². The molecule has 31 heavy (non-hydrogen) atoms. The number of carbonyl (C=O) groups excluding carboxylic acids is 3. The number of ether oxygens (including phenoxy) is 1. The lowest BCUT2D eigenvalue weighted by Gasteiger charge is -2.23. The fourth-order valence-corrected chi connectivity index (χ4v) is 4.67. The molecule has 2 atom stereocenters. The van der Waals surface area contributed by atoms with Crippen molar-refractivity contribution in [2.24, 2.45) is 11.7 Å². The van der Waals surface area contributed by atoms with Gasteiger partial charge in [-0.15, -0.1) is 11.3 Å². The maximum atomic E-state index is 13.9. The van der Waals surface area contributed by atoms with E-state index in [0.29, 0.717) is 0 Å². The first kappa shape index (κ1) is 24.4. The summed E-state index contributed by atoms with van der Waals surface area (Å²) in [6.07, 6.45) is -1.31. The summed E-state index contributed by atoms with van der Waals surface area (Å²) in [5.74, 6) is -4.02. The summed E-state index contributed by atoms with van der Waals surface area (Å²) in [5.41, 5.74) is 5.33. The Morgan fingerprint density at radius 2 is 1.77 bits per heavy atom. The second-order valence-electron chi connectivity index (χ2n) is 6.87. The molecule has 2 amide bonds. The zero-order chi connectivity index (χ0) is 23.3. The highest BCUT2D eigenvalue weighted by atomic mass is 32.2. The van der Waals surface area contributed by atoms with Crippen molar-refractivity contribution in [3.8, 4) is 0 Å². The molecule has 0 aliphatic heterocycles. The number of hydrogen-bond acceptors (Lipinski definition) is 7. The predicted molar refractivity (Wildman–Crippen MR) is 112 cm³/mol. The van der Waals surface area contributed by atoms with Crippen LogP contribution in [-0.2, 0) is 24.3 Å². The van der Waals surface area contributed by atoms with Crippen molar-refractivity contribution in [2.45, 2.75) is 37.8 Å². The molecular formula is C19H22FN3O6S2. The normalized spacial score (nSPS) is 13.5. The van der Waals surface area contributed by atoms with Crippen LogP contribution in [0.15, 0.2) is 40.6 Å². The maximum absolute atomic E-state index is 13.9. The third kappa shape index (κ3) is 6.09. The lowest BCUT2D eigenvalue weighted by Crippen LogP contribution is -2.47. The molecule has 9 nitrogen and oxygen atoms in total. The van der Waals surface area contributed by atoms with Gasteiger partial charge in [0.1, 0.15) is 21.8 Å². The first-order valence-corrected chi connectivity index (χ1v) is 11.5. The summed E-state index contributed by atoms with van der Waals surface area (Å²) < 4.78 is 46.2. The van der Waals surface area contributed by atoms with Crippen LogP contribution >= 0.6 is 11.3 Å². The Morgan fingerprint density at radius 1 is 1.13 bits per heavy atom. The van der Waals surface area contributed by atoms with Crippen LogP contribution in [-0.4, -0.2) is 38.3 Å². The van der Waals surface area contributed by atoms with Crippen molar-refractivity contribution in [3.05, 3.63) is 47.1 Å². The van der Waals surface area contributed by atoms with Gasteiger partial charge in [-0.2, -0.15) is 4.72 Å². The highest BCUT2D eigenvalue weighted by Crippen LogP contribution is 2.23. The summed E-state index contributed by atoms with van der Waals surface area (Å²) in [5, 5.41) is 4.19. The summed E-state index contributed by atoms with van der Waals surface area (Å²) in [6.45, 7) is 4.41. The predicted octanol–water partition coefficient (Wildman–Crippen LogP) is 1.86. The molecule has 0 spiro atoms. The van der Waals surface area contributed by atoms with Crippen molar-refractivity contribution in [3.63, 3.8) is 0 Å². The molecule has 0 bridgehead atoms. The number of esters is 1. The largest absolute Gasteiger partial charge is 0.451 e. The van der Waals surface area contributed by atoms with Crippen LogP contribution < -0.4 is 15.8 Å². The van der Waals surface area contributed by atoms with Crippen molar-refractivity contribution in [2.75, 3.05) is 5.32 Å². The topological polar surface area (TPSA) is 145 Å². The van der Waals surface area contributed by atoms with Gasteiger partial charge in [0, 0.05) is 0 Å². The van der Waals surface area contributed by atoms with Crippen LogP contribution in [0.3, 0.4) is 0 Å². The van der Waals surface area contributed by atoms with Crippen LogP contribution in [0.2, 0.25) is 0 Å². The second-order valence-corrected chi connectivity index (χ2v) is 9.47. The lowest BCUT2D eigenvalue weighted by molar-refractivity contribution is -0.155. The molecule has 2 rings (SSSR count). The second kappa shape index (κ2) is 9.98. The zero-order valence-corrected chi connectivity index (χ0v) is 18.6. The number of thiophene rings is 1. The van der Waals surface area contributed by atoms with Crippen LogP contribution in [0.1, 0.15) is 31.1 Å². The first-order chi connectivity index (χ1) is 14.4. The van der Waals surface area contributed by atoms with Gasteiger partial charge in [0.25, 0.3) is 11.8 Å². The number of rotatable bonds is 9. The van der Waals surface area contributed by atoms with E-state index < -0.39 is 56.6 Å². The van der Waals surface area contributed by atoms with Crippen LogP contribution in [0.4, 0.5) is 9.39 Å². The fourth-order valence-electron chi connectivity index (χ4n) is 2.46. The van der Waals surface area contributed by atoms with Gasteiger partial charge in [-0.25, -0.2) is 12.8 Å². The molecular weight excluding hydrogens is 449 g/mol. The molecule has 1 aromatic heterocycles. The van der Waals surface area contributed by atoms with E-state index in [2.05, 4.69) is 10.0 Å². The zero-order valence-electron chi connectivity index (χ0n) is 16.9. The standard InChI is InChI=1S/C19H22FN3O6S2/c1-10(2)15(23-31(27,28)14-7-5-4-6-13(14)20)19(26)29-11(3)17(25)22-18-12(16(21)24)8-9-30-18/h4-11,15,23H,1-3H3,(H2,21,24)(H,22,25)/t11?,15-/m0/s1. The van der Waals surface area contributed by atoms with Gasteiger partial charge in [-0.3, -0.25) is 14.4 Å². The summed E-state index contributed by atoms with van der Waals surface area (Å²) >= 11 is 1.06. The molecule has 0 saturated carbocycles. The average Bonchev–Trinajstić information content (AvgIpc) is 3.14. The van der Waals surface area contributed by atoms with Crippen LogP contribution in [0.25, 0.3) is 0 Å². The molecule has 1 unspecified atom stereocenters. The molecule has 0 saturated heterocycles. The van der Waals surface area contributed by atoms with Gasteiger partial charge in [-0.05, 0) is 36.4 Å². The Balaban J connectivity index is 2.11. The van der Waals surface area contributed by atoms with Crippen molar-refractivity contribution in [1.82, 2.24) is 4.72 Å². The van der Waals surface area contributed by atoms with E-state index in [1.54, 1.807) is 19.2 Å². The third-order valence-electron chi connectivity index (χ3n) is 4.16. The van der Waals surface area contributed by atoms with Gasteiger partial charge >= 0.3 is 5.97 Å². The highest BCUT2D eigenvalue weighted by molar-refractivity contribution is 7.89. The average molecular weight is 472 g/mol. The molecule has 1 aromatic carbocycles. The number of nitrogens with one attached hydrogen (secondary N) is 2. The highest BCUT2D eigenvalue weighted by Gasteiger charge is 2.33. The van der Waals surface area contributed by atoms with E-state index in [9.17, 15) is 27.2 Å².